The molecule has 0 spiro atoms. The van der Waals surface area contributed by atoms with Gasteiger partial charge in [0.25, 0.3) is 11.8 Å². The first kappa shape index (κ1) is 17.0. The van der Waals surface area contributed by atoms with Gasteiger partial charge in [-0.15, -0.1) is 11.3 Å². The average Bonchev–Trinajstić information content (AvgIpc) is 2.73. The average molecular weight is 332 g/mol. The van der Waals surface area contributed by atoms with Gasteiger partial charge < -0.3 is 15.8 Å². The Morgan fingerprint density at radius 3 is 2.35 bits per heavy atom. The molecule has 0 fully saturated rings. The minimum atomic E-state index is -0.544. The largest absolute Gasteiger partial charge is 0.483 e. The first-order valence-electron chi connectivity index (χ1n) is 7.20. The summed E-state index contributed by atoms with van der Waals surface area (Å²) in [6, 6.07) is 5.79. The van der Waals surface area contributed by atoms with E-state index in [2.05, 4.69) is 5.32 Å². The standard InChI is InChI=1S/C17H20N2O3S/c1-9-6-5-7-10(2)15(9)22-8-13(20)19-17-14(16(18)21)11(3)12(4)23-17/h5-7H,8H2,1-4H3,(H2,18,21)(H,19,20). The molecule has 122 valence electrons. The predicted molar refractivity (Wildman–Crippen MR) is 92.4 cm³/mol. The van der Waals surface area contributed by atoms with Gasteiger partial charge in [-0.1, -0.05) is 18.2 Å². The van der Waals surface area contributed by atoms with E-state index >= 15 is 0 Å². The van der Waals surface area contributed by atoms with Gasteiger partial charge in [0.15, 0.2) is 6.61 Å². The lowest BCUT2D eigenvalue weighted by atomic mass is 10.1. The van der Waals surface area contributed by atoms with Crippen molar-refractivity contribution in [2.24, 2.45) is 5.73 Å². The molecule has 0 saturated heterocycles. The zero-order chi connectivity index (χ0) is 17.1. The number of nitrogens with two attached hydrogens (primary N) is 1. The molecular formula is C17H20N2O3S. The van der Waals surface area contributed by atoms with Crippen LogP contribution in [0.5, 0.6) is 5.75 Å². The molecule has 2 amide bonds. The van der Waals surface area contributed by atoms with Gasteiger partial charge in [-0.3, -0.25) is 9.59 Å². The van der Waals surface area contributed by atoms with E-state index in [-0.39, 0.29) is 12.5 Å². The van der Waals surface area contributed by atoms with Crippen LogP contribution in [-0.2, 0) is 4.79 Å². The Morgan fingerprint density at radius 2 is 1.78 bits per heavy atom. The number of hydrogen-bond acceptors (Lipinski definition) is 4. The molecule has 0 aliphatic carbocycles. The normalized spacial score (nSPS) is 10.4. The van der Waals surface area contributed by atoms with Crippen LogP contribution in [0.25, 0.3) is 0 Å². The van der Waals surface area contributed by atoms with Gasteiger partial charge in [0.2, 0.25) is 0 Å². The second kappa shape index (κ2) is 6.83. The van der Waals surface area contributed by atoms with E-state index in [1.54, 1.807) is 0 Å². The van der Waals surface area contributed by atoms with Crippen LogP contribution in [0.1, 0.15) is 31.9 Å². The molecule has 0 atom stereocenters. The molecule has 0 unspecified atom stereocenters. The quantitative estimate of drug-likeness (QED) is 0.883. The molecular weight excluding hydrogens is 312 g/mol. The van der Waals surface area contributed by atoms with Gasteiger partial charge in [0, 0.05) is 4.88 Å². The Morgan fingerprint density at radius 1 is 1.17 bits per heavy atom. The van der Waals surface area contributed by atoms with Crippen molar-refractivity contribution >= 4 is 28.2 Å². The van der Waals surface area contributed by atoms with Crippen LogP contribution in [0.15, 0.2) is 18.2 Å². The number of nitrogens with one attached hydrogen (secondary N) is 1. The number of benzene rings is 1. The van der Waals surface area contributed by atoms with Crippen molar-refractivity contribution in [1.82, 2.24) is 0 Å². The fourth-order valence-electron chi connectivity index (χ4n) is 2.34. The van der Waals surface area contributed by atoms with Crippen LogP contribution in [0, 0.1) is 27.7 Å². The number of carbonyl (C=O) groups excluding carboxylic acids is 2. The number of thiophene rings is 1. The Kier molecular flexibility index (Phi) is 5.05. The highest BCUT2D eigenvalue weighted by molar-refractivity contribution is 7.16. The highest BCUT2D eigenvalue weighted by Crippen LogP contribution is 2.32. The van der Waals surface area contributed by atoms with Crippen molar-refractivity contribution in [2.45, 2.75) is 27.7 Å². The molecule has 23 heavy (non-hydrogen) atoms. The molecule has 0 saturated carbocycles. The van der Waals surface area contributed by atoms with Crippen molar-refractivity contribution in [1.29, 1.82) is 0 Å². The number of rotatable bonds is 5. The van der Waals surface area contributed by atoms with E-state index in [1.807, 2.05) is 45.9 Å². The summed E-state index contributed by atoms with van der Waals surface area (Å²) in [5.74, 6) is -0.162. The number of ether oxygens (including phenoxy) is 1. The molecule has 0 aliphatic heterocycles. The molecule has 3 N–H and O–H groups in total. The van der Waals surface area contributed by atoms with E-state index in [9.17, 15) is 9.59 Å². The summed E-state index contributed by atoms with van der Waals surface area (Å²) in [5.41, 5.74) is 8.50. The maximum atomic E-state index is 12.1. The molecule has 1 aromatic carbocycles. The van der Waals surface area contributed by atoms with Crippen LogP contribution < -0.4 is 15.8 Å². The lowest BCUT2D eigenvalue weighted by Crippen LogP contribution is -2.22. The second-order valence-corrected chi connectivity index (χ2v) is 6.63. The third-order valence-electron chi connectivity index (χ3n) is 3.64. The van der Waals surface area contributed by atoms with E-state index in [0.717, 1.165) is 21.6 Å². The van der Waals surface area contributed by atoms with E-state index in [0.29, 0.717) is 16.3 Å². The van der Waals surface area contributed by atoms with Crippen molar-refractivity contribution in [2.75, 3.05) is 11.9 Å². The summed E-state index contributed by atoms with van der Waals surface area (Å²) in [4.78, 5) is 24.6. The molecule has 1 heterocycles. The van der Waals surface area contributed by atoms with E-state index in [4.69, 9.17) is 10.5 Å². The van der Waals surface area contributed by atoms with Crippen LogP contribution in [0.4, 0.5) is 5.00 Å². The van der Waals surface area contributed by atoms with E-state index < -0.39 is 5.91 Å². The monoisotopic (exact) mass is 332 g/mol. The molecule has 6 heteroatoms. The highest BCUT2D eigenvalue weighted by Gasteiger charge is 2.19. The third kappa shape index (κ3) is 3.71. The number of anilines is 1. The van der Waals surface area contributed by atoms with Crippen molar-refractivity contribution < 1.29 is 14.3 Å². The zero-order valence-corrected chi connectivity index (χ0v) is 14.5. The molecule has 5 nitrogen and oxygen atoms in total. The lowest BCUT2D eigenvalue weighted by molar-refractivity contribution is -0.118. The summed E-state index contributed by atoms with van der Waals surface area (Å²) in [7, 11) is 0. The maximum absolute atomic E-state index is 12.1. The summed E-state index contributed by atoms with van der Waals surface area (Å²) < 4.78 is 5.62. The summed E-state index contributed by atoms with van der Waals surface area (Å²) in [6.45, 7) is 7.43. The zero-order valence-electron chi connectivity index (χ0n) is 13.6. The molecule has 0 bridgehead atoms. The smallest absolute Gasteiger partial charge is 0.262 e. The Bertz CT molecular complexity index is 745. The number of para-hydroxylation sites is 1. The van der Waals surface area contributed by atoms with Crippen molar-refractivity contribution in [3.05, 3.63) is 45.3 Å². The molecule has 1 aromatic heterocycles. The first-order chi connectivity index (χ1) is 10.8. The minimum Gasteiger partial charge on any atom is -0.483 e. The van der Waals surface area contributed by atoms with Crippen LogP contribution in [0.3, 0.4) is 0 Å². The lowest BCUT2D eigenvalue weighted by Gasteiger charge is -2.11. The topological polar surface area (TPSA) is 81.4 Å². The third-order valence-corrected chi connectivity index (χ3v) is 4.76. The number of carbonyl (C=O) groups is 2. The Hall–Kier alpha value is -2.34. The Labute approximate surface area is 139 Å². The highest BCUT2D eigenvalue weighted by atomic mass is 32.1. The molecule has 0 radical (unpaired) electrons. The first-order valence-corrected chi connectivity index (χ1v) is 8.01. The number of amides is 2. The number of primary amides is 1. The van der Waals surface area contributed by atoms with Gasteiger partial charge in [-0.25, -0.2) is 0 Å². The summed E-state index contributed by atoms with van der Waals surface area (Å²) in [5, 5.41) is 3.19. The van der Waals surface area contributed by atoms with Crippen molar-refractivity contribution in [3.63, 3.8) is 0 Å². The fourth-order valence-corrected chi connectivity index (χ4v) is 3.42. The van der Waals surface area contributed by atoms with E-state index in [1.165, 1.54) is 11.3 Å². The molecule has 0 aliphatic rings. The van der Waals surface area contributed by atoms with Gasteiger partial charge in [-0.05, 0) is 44.4 Å². The molecule has 2 aromatic rings. The van der Waals surface area contributed by atoms with Gasteiger partial charge in [0.1, 0.15) is 10.8 Å². The van der Waals surface area contributed by atoms with Gasteiger partial charge >= 0.3 is 0 Å². The van der Waals surface area contributed by atoms with Crippen LogP contribution in [0.2, 0.25) is 0 Å². The molecule has 2 rings (SSSR count). The van der Waals surface area contributed by atoms with Crippen LogP contribution in [-0.4, -0.2) is 18.4 Å². The fraction of sp³-hybridized carbons (Fsp3) is 0.294. The maximum Gasteiger partial charge on any atom is 0.262 e. The number of aryl methyl sites for hydroxylation is 3. The van der Waals surface area contributed by atoms with Gasteiger partial charge in [0.05, 0.1) is 5.56 Å². The SMILES string of the molecule is Cc1cccc(C)c1OCC(=O)Nc1sc(C)c(C)c1C(N)=O. The second-order valence-electron chi connectivity index (χ2n) is 5.41. The van der Waals surface area contributed by atoms with Gasteiger partial charge in [-0.2, -0.15) is 0 Å². The van der Waals surface area contributed by atoms with Crippen molar-refractivity contribution in [3.8, 4) is 5.75 Å². The number of hydrogen-bond donors (Lipinski definition) is 2. The summed E-state index contributed by atoms with van der Waals surface area (Å²) in [6.07, 6.45) is 0. The predicted octanol–water partition coefficient (Wildman–Crippen LogP) is 3.10. The van der Waals surface area contributed by atoms with Crippen LogP contribution >= 0.6 is 11.3 Å². The minimum absolute atomic E-state index is 0.125. The summed E-state index contributed by atoms with van der Waals surface area (Å²) >= 11 is 1.34. The Balaban J connectivity index is 2.09.